The van der Waals surface area contributed by atoms with Crippen LogP contribution in [0.2, 0.25) is 0 Å². The van der Waals surface area contributed by atoms with E-state index >= 15 is 0 Å². The van der Waals surface area contributed by atoms with Gasteiger partial charge in [-0.15, -0.1) is 0 Å². The Balaban J connectivity index is 1.12. The summed E-state index contributed by atoms with van der Waals surface area (Å²) in [6.07, 6.45) is 5.69. The second-order valence-corrected chi connectivity index (χ2v) is 11.9. The summed E-state index contributed by atoms with van der Waals surface area (Å²) < 4.78 is 8.52. The SMILES string of the molecule is c1ccc(-c2cccc(Oc3cccc(-c4nccn4-c4ccc5c(c4)-c4ccccc4-c4ccccc4-c4ccccc4-5)c3)c2)nc1. The van der Waals surface area contributed by atoms with Crippen molar-refractivity contribution in [3.8, 4) is 84.3 Å². The monoisotopic (exact) mass is 615 g/mol. The van der Waals surface area contributed by atoms with E-state index in [-0.39, 0.29) is 0 Å². The fourth-order valence-electron chi connectivity index (χ4n) is 6.81. The van der Waals surface area contributed by atoms with E-state index in [0.717, 1.165) is 39.8 Å². The van der Waals surface area contributed by atoms with Crippen molar-refractivity contribution in [2.45, 2.75) is 0 Å². The maximum Gasteiger partial charge on any atom is 0.144 e. The molecule has 0 saturated heterocycles. The van der Waals surface area contributed by atoms with E-state index in [4.69, 9.17) is 9.72 Å². The molecule has 0 fully saturated rings. The Labute approximate surface area is 279 Å². The lowest BCUT2D eigenvalue weighted by Crippen LogP contribution is -2.00. The quantitative estimate of drug-likeness (QED) is 0.193. The molecule has 4 heteroatoms. The number of imidazole rings is 1. The number of ether oxygens (including phenoxy) is 1. The molecule has 0 bridgehead atoms. The van der Waals surface area contributed by atoms with Crippen LogP contribution >= 0.6 is 0 Å². The molecule has 4 nitrogen and oxygen atoms in total. The van der Waals surface area contributed by atoms with E-state index in [1.807, 2.05) is 73.1 Å². The summed E-state index contributed by atoms with van der Waals surface area (Å²) >= 11 is 0. The van der Waals surface area contributed by atoms with E-state index in [2.05, 4.69) is 107 Å². The van der Waals surface area contributed by atoms with Gasteiger partial charge >= 0.3 is 0 Å². The molecule has 0 atom stereocenters. The zero-order chi connectivity index (χ0) is 31.9. The minimum atomic E-state index is 0.739. The van der Waals surface area contributed by atoms with Gasteiger partial charge < -0.3 is 4.74 Å². The molecular formula is C44H29N3O. The highest BCUT2D eigenvalue weighted by atomic mass is 16.5. The Morgan fingerprint density at radius 3 is 1.54 bits per heavy atom. The summed E-state index contributed by atoms with van der Waals surface area (Å²) in [5.74, 6) is 2.33. The number of pyridine rings is 1. The molecule has 0 unspecified atom stereocenters. The van der Waals surface area contributed by atoms with Crippen molar-refractivity contribution in [2.24, 2.45) is 0 Å². The maximum absolute atomic E-state index is 6.36. The molecule has 2 heterocycles. The van der Waals surface area contributed by atoms with Crippen LogP contribution in [0.5, 0.6) is 11.5 Å². The van der Waals surface area contributed by atoms with Gasteiger partial charge in [0.1, 0.15) is 17.3 Å². The molecule has 1 aliphatic rings. The molecule has 0 N–H and O–H groups in total. The van der Waals surface area contributed by atoms with Crippen molar-refractivity contribution < 1.29 is 4.74 Å². The van der Waals surface area contributed by atoms with Crippen LogP contribution in [-0.2, 0) is 0 Å². The largest absolute Gasteiger partial charge is 0.457 e. The summed E-state index contributed by atoms with van der Waals surface area (Å²) in [6, 6.07) is 55.0. The predicted molar refractivity (Wildman–Crippen MR) is 194 cm³/mol. The molecule has 0 saturated carbocycles. The zero-order valence-electron chi connectivity index (χ0n) is 26.0. The molecule has 0 aliphatic heterocycles. The number of rotatable bonds is 5. The third-order valence-electron chi connectivity index (χ3n) is 8.99. The van der Waals surface area contributed by atoms with E-state index in [1.165, 1.54) is 44.5 Å². The average molecular weight is 616 g/mol. The Bertz CT molecular complexity index is 2440. The first-order chi connectivity index (χ1) is 23.8. The zero-order valence-corrected chi connectivity index (χ0v) is 26.0. The van der Waals surface area contributed by atoms with Gasteiger partial charge in [-0.3, -0.25) is 9.55 Å². The van der Waals surface area contributed by atoms with Crippen molar-refractivity contribution in [1.29, 1.82) is 0 Å². The van der Waals surface area contributed by atoms with Crippen LogP contribution in [0.4, 0.5) is 0 Å². The number of hydrogen-bond donors (Lipinski definition) is 0. The fourth-order valence-corrected chi connectivity index (χ4v) is 6.81. The van der Waals surface area contributed by atoms with Gasteiger partial charge in [0, 0.05) is 35.4 Å². The van der Waals surface area contributed by atoms with E-state index < -0.39 is 0 Å². The van der Waals surface area contributed by atoms with Gasteiger partial charge in [0.15, 0.2) is 0 Å². The summed E-state index contributed by atoms with van der Waals surface area (Å²) in [5.41, 5.74) is 13.7. The van der Waals surface area contributed by atoms with Crippen molar-refractivity contribution >= 4 is 0 Å². The Morgan fingerprint density at radius 2 is 0.938 bits per heavy atom. The highest BCUT2D eigenvalue weighted by Gasteiger charge is 2.22. The number of aromatic nitrogens is 3. The second-order valence-electron chi connectivity index (χ2n) is 11.9. The van der Waals surface area contributed by atoms with Crippen LogP contribution in [0.3, 0.4) is 0 Å². The first-order valence-electron chi connectivity index (χ1n) is 16.1. The minimum Gasteiger partial charge on any atom is -0.457 e. The first-order valence-corrected chi connectivity index (χ1v) is 16.1. The van der Waals surface area contributed by atoms with Crippen LogP contribution in [-0.4, -0.2) is 14.5 Å². The average Bonchev–Trinajstić information content (AvgIpc) is 3.65. The summed E-state index contributed by atoms with van der Waals surface area (Å²) in [5, 5.41) is 0. The molecule has 0 amide bonds. The molecule has 0 spiro atoms. The standard InChI is InChI=1S/C44H29N3O/c1-2-16-36-35(15-1)37-17-3-4-19-39(37)41-23-22-32(29-42(41)40-20-6-5-18-38(36)40)47-26-25-46-44(47)31-12-10-14-34(28-31)48-33-13-9-11-30(27-33)43-21-7-8-24-45-43/h1-29H. The fraction of sp³-hybridized carbons (Fsp3) is 0. The van der Waals surface area contributed by atoms with E-state index in [9.17, 15) is 0 Å². The molecule has 0 radical (unpaired) electrons. The lowest BCUT2D eigenvalue weighted by Gasteiger charge is -2.23. The summed E-state index contributed by atoms with van der Waals surface area (Å²) in [7, 11) is 0. The van der Waals surface area contributed by atoms with Gasteiger partial charge in [-0.1, -0.05) is 109 Å². The van der Waals surface area contributed by atoms with Gasteiger partial charge in [0.25, 0.3) is 0 Å². The number of benzene rings is 6. The van der Waals surface area contributed by atoms with Gasteiger partial charge in [0.2, 0.25) is 0 Å². The third-order valence-corrected chi connectivity index (χ3v) is 8.99. The molecule has 6 aromatic carbocycles. The maximum atomic E-state index is 6.36. The lowest BCUT2D eigenvalue weighted by atomic mass is 9.81. The van der Waals surface area contributed by atoms with Crippen LogP contribution in [0.1, 0.15) is 0 Å². The molecule has 8 aromatic rings. The number of nitrogens with zero attached hydrogens (tertiary/aromatic N) is 3. The topological polar surface area (TPSA) is 39.9 Å². The number of fused-ring (bicyclic) bond motifs is 8. The second kappa shape index (κ2) is 11.7. The highest BCUT2D eigenvalue weighted by molar-refractivity contribution is 6.03. The van der Waals surface area contributed by atoms with Gasteiger partial charge in [-0.05, 0) is 93.0 Å². The lowest BCUT2D eigenvalue weighted by molar-refractivity contribution is 0.483. The van der Waals surface area contributed by atoms with Crippen LogP contribution in [0.15, 0.2) is 176 Å². The molecule has 9 rings (SSSR count). The van der Waals surface area contributed by atoms with Crippen LogP contribution < -0.4 is 4.74 Å². The molecule has 226 valence electrons. The van der Waals surface area contributed by atoms with Crippen molar-refractivity contribution in [3.05, 3.63) is 176 Å². The first kappa shape index (κ1) is 27.8. The molecular weight excluding hydrogens is 587 g/mol. The predicted octanol–water partition coefficient (Wildman–Crippen LogP) is 11.4. The van der Waals surface area contributed by atoms with Gasteiger partial charge in [-0.2, -0.15) is 0 Å². The normalized spacial score (nSPS) is 11.3. The van der Waals surface area contributed by atoms with Crippen LogP contribution in [0.25, 0.3) is 72.8 Å². The van der Waals surface area contributed by atoms with Crippen molar-refractivity contribution in [1.82, 2.24) is 14.5 Å². The Kier molecular flexibility index (Phi) is 6.76. The molecule has 2 aromatic heterocycles. The minimum absolute atomic E-state index is 0.739. The molecule has 48 heavy (non-hydrogen) atoms. The van der Waals surface area contributed by atoms with E-state index in [0.29, 0.717) is 0 Å². The number of hydrogen-bond acceptors (Lipinski definition) is 3. The van der Waals surface area contributed by atoms with Crippen LogP contribution in [0, 0.1) is 0 Å². The van der Waals surface area contributed by atoms with Gasteiger partial charge in [0.05, 0.1) is 5.69 Å². The summed E-state index contributed by atoms with van der Waals surface area (Å²) in [4.78, 5) is 9.31. The third kappa shape index (κ3) is 4.88. The Morgan fingerprint density at radius 1 is 0.396 bits per heavy atom. The molecule has 1 aliphatic carbocycles. The highest BCUT2D eigenvalue weighted by Crippen LogP contribution is 2.48. The summed E-state index contributed by atoms with van der Waals surface area (Å²) in [6.45, 7) is 0. The smallest absolute Gasteiger partial charge is 0.144 e. The Hall–Kier alpha value is -6.52. The van der Waals surface area contributed by atoms with E-state index in [1.54, 1.807) is 6.20 Å². The van der Waals surface area contributed by atoms with Crippen molar-refractivity contribution in [2.75, 3.05) is 0 Å². The van der Waals surface area contributed by atoms with Gasteiger partial charge in [-0.25, -0.2) is 4.98 Å². The van der Waals surface area contributed by atoms with Crippen molar-refractivity contribution in [3.63, 3.8) is 0 Å².